The van der Waals surface area contributed by atoms with Crippen molar-refractivity contribution in [2.75, 3.05) is 5.43 Å². The summed E-state index contributed by atoms with van der Waals surface area (Å²) in [6, 6.07) is 13.2. The highest BCUT2D eigenvalue weighted by Crippen LogP contribution is 2.21. The van der Waals surface area contributed by atoms with Gasteiger partial charge in [-0.2, -0.15) is 5.10 Å². The van der Waals surface area contributed by atoms with Gasteiger partial charge in [0.15, 0.2) is 11.5 Å². The van der Waals surface area contributed by atoms with Crippen molar-refractivity contribution in [1.29, 1.82) is 0 Å². The van der Waals surface area contributed by atoms with Crippen molar-refractivity contribution in [2.45, 2.75) is 6.92 Å². The Morgan fingerprint density at radius 1 is 1.11 bits per heavy atom. The highest BCUT2D eigenvalue weighted by molar-refractivity contribution is 5.96. The third-order valence-corrected chi connectivity index (χ3v) is 4.01. The first-order valence-corrected chi connectivity index (χ1v) is 8.19. The minimum absolute atomic E-state index is 0.281. The van der Waals surface area contributed by atoms with Gasteiger partial charge in [0.25, 0.3) is 5.91 Å². The molecule has 0 aliphatic carbocycles. The van der Waals surface area contributed by atoms with Crippen LogP contribution in [-0.4, -0.2) is 25.7 Å². The van der Waals surface area contributed by atoms with E-state index in [0.29, 0.717) is 28.1 Å². The van der Waals surface area contributed by atoms with E-state index in [4.69, 9.17) is 0 Å². The molecule has 4 aromatic rings. The lowest BCUT2D eigenvalue weighted by atomic mass is 10.1. The van der Waals surface area contributed by atoms with Gasteiger partial charge in [-0.15, -0.1) is 0 Å². The Kier molecular flexibility index (Phi) is 4.21. The van der Waals surface area contributed by atoms with Crippen LogP contribution in [0.25, 0.3) is 16.7 Å². The second kappa shape index (κ2) is 6.83. The average Bonchev–Trinajstić information content (AvgIpc) is 3.11. The van der Waals surface area contributed by atoms with Crippen molar-refractivity contribution < 1.29 is 9.18 Å². The lowest BCUT2D eigenvalue weighted by Gasteiger charge is -2.09. The molecule has 0 atom stereocenters. The molecule has 8 heteroatoms. The van der Waals surface area contributed by atoms with Crippen LogP contribution in [0, 0.1) is 12.7 Å². The van der Waals surface area contributed by atoms with E-state index in [2.05, 4.69) is 25.9 Å². The number of halogens is 1. The number of hydrogen-bond acceptors (Lipinski definition) is 5. The number of rotatable bonds is 4. The molecule has 2 heterocycles. The van der Waals surface area contributed by atoms with Crippen molar-refractivity contribution in [3.05, 3.63) is 78.0 Å². The smallest absolute Gasteiger partial charge is 0.269 e. The number of fused-ring (bicyclic) bond motifs is 1. The predicted molar refractivity (Wildman–Crippen MR) is 98.9 cm³/mol. The molecule has 2 aromatic carbocycles. The first kappa shape index (κ1) is 16.6. The normalized spacial score (nSPS) is 10.7. The molecule has 1 amide bonds. The van der Waals surface area contributed by atoms with Gasteiger partial charge in [-0.05, 0) is 43.3 Å². The minimum atomic E-state index is -0.328. The summed E-state index contributed by atoms with van der Waals surface area (Å²) in [6.45, 7) is 1.92. The Hall–Kier alpha value is -3.81. The summed E-state index contributed by atoms with van der Waals surface area (Å²) >= 11 is 0. The van der Waals surface area contributed by atoms with Gasteiger partial charge in [-0.3, -0.25) is 15.6 Å². The summed E-state index contributed by atoms with van der Waals surface area (Å²) in [5.74, 6) is -0.197. The summed E-state index contributed by atoms with van der Waals surface area (Å²) in [6.07, 6.45) is 2.95. The van der Waals surface area contributed by atoms with Gasteiger partial charge >= 0.3 is 0 Å². The fourth-order valence-electron chi connectivity index (χ4n) is 2.69. The van der Waals surface area contributed by atoms with Crippen LogP contribution in [0.3, 0.4) is 0 Å². The van der Waals surface area contributed by atoms with Crippen LogP contribution in [0.5, 0.6) is 0 Å². The van der Waals surface area contributed by atoms with Crippen molar-refractivity contribution in [3.8, 4) is 5.69 Å². The van der Waals surface area contributed by atoms with E-state index in [1.54, 1.807) is 35.1 Å². The number of hydrazine groups is 1. The quantitative estimate of drug-likeness (QED) is 0.545. The Morgan fingerprint density at radius 3 is 2.70 bits per heavy atom. The standard InChI is InChI=1S/C19H15FN6O/c1-12-3-2-4-13(9-12)19(27)25-24-17-16-10-23-26(18(16)22-11-21-17)15-7-5-14(20)6-8-15/h2-11H,1H3,(H,25,27)(H,21,22,24). The predicted octanol–water partition coefficient (Wildman–Crippen LogP) is 3.02. The molecule has 0 saturated heterocycles. The van der Waals surface area contributed by atoms with E-state index in [1.807, 2.05) is 19.1 Å². The zero-order valence-corrected chi connectivity index (χ0v) is 14.3. The number of carbonyl (C=O) groups is 1. The third-order valence-electron chi connectivity index (χ3n) is 4.01. The highest BCUT2D eigenvalue weighted by atomic mass is 19.1. The van der Waals surface area contributed by atoms with Crippen molar-refractivity contribution in [3.63, 3.8) is 0 Å². The highest BCUT2D eigenvalue weighted by Gasteiger charge is 2.12. The molecular weight excluding hydrogens is 347 g/mol. The molecular formula is C19H15FN6O. The largest absolute Gasteiger partial charge is 0.281 e. The molecule has 0 aliphatic rings. The van der Waals surface area contributed by atoms with E-state index in [0.717, 1.165) is 5.56 Å². The molecule has 0 fully saturated rings. The molecule has 0 aliphatic heterocycles. The van der Waals surface area contributed by atoms with Crippen molar-refractivity contribution >= 4 is 22.8 Å². The number of anilines is 1. The lowest BCUT2D eigenvalue weighted by Crippen LogP contribution is -2.29. The number of benzene rings is 2. The second-order valence-corrected chi connectivity index (χ2v) is 5.94. The topological polar surface area (TPSA) is 84.7 Å². The summed E-state index contributed by atoms with van der Waals surface area (Å²) in [5, 5.41) is 4.91. The van der Waals surface area contributed by atoms with Crippen LogP contribution in [0.1, 0.15) is 15.9 Å². The molecule has 7 nitrogen and oxygen atoms in total. The van der Waals surface area contributed by atoms with Gasteiger partial charge in [0, 0.05) is 5.56 Å². The molecule has 27 heavy (non-hydrogen) atoms. The molecule has 2 aromatic heterocycles. The summed E-state index contributed by atoms with van der Waals surface area (Å²) in [4.78, 5) is 20.7. The van der Waals surface area contributed by atoms with Crippen LogP contribution in [-0.2, 0) is 0 Å². The first-order chi connectivity index (χ1) is 13.1. The van der Waals surface area contributed by atoms with Crippen LogP contribution >= 0.6 is 0 Å². The fourth-order valence-corrected chi connectivity index (χ4v) is 2.69. The number of nitrogens with one attached hydrogen (secondary N) is 2. The van der Waals surface area contributed by atoms with Crippen molar-refractivity contribution in [1.82, 2.24) is 25.2 Å². The zero-order chi connectivity index (χ0) is 18.8. The molecule has 0 spiro atoms. The molecule has 0 saturated carbocycles. The Bertz CT molecular complexity index is 1120. The van der Waals surface area contributed by atoms with Crippen LogP contribution in [0.15, 0.2) is 61.1 Å². The summed E-state index contributed by atoms with van der Waals surface area (Å²) in [7, 11) is 0. The van der Waals surface area contributed by atoms with Crippen LogP contribution in [0.4, 0.5) is 10.2 Å². The number of nitrogens with zero attached hydrogens (tertiary/aromatic N) is 4. The number of aryl methyl sites for hydroxylation is 1. The number of amides is 1. The minimum Gasteiger partial charge on any atom is -0.281 e. The van der Waals surface area contributed by atoms with E-state index in [9.17, 15) is 9.18 Å². The van der Waals surface area contributed by atoms with Gasteiger partial charge in [0.05, 0.1) is 17.3 Å². The molecule has 2 N–H and O–H groups in total. The molecule has 0 bridgehead atoms. The van der Waals surface area contributed by atoms with Gasteiger partial charge in [0.2, 0.25) is 0 Å². The summed E-state index contributed by atoms with van der Waals surface area (Å²) < 4.78 is 14.7. The van der Waals surface area contributed by atoms with E-state index in [-0.39, 0.29) is 11.7 Å². The Balaban J connectivity index is 1.60. The number of aromatic nitrogens is 4. The molecule has 0 radical (unpaired) electrons. The molecule has 134 valence electrons. The molecule has 4 rings (SSSR count). The Labute approximate surface area is 153 Å². The number of hydrogen-bond donors (Lipinski definition) is 2. The molecule has 0 unspecified atom stereocenters. The maximum Gasteiger partial charge on any atom is 0.269 e. The van der Waals surface area contributed by atoms with Gasteiger partial charge in [-0.25, -0.2) is 19.0 Å². The fraction of sp³-hybridized carbons (Fsp3) is 0.0526. The Morgan fingerprint density at radius 2 is 1.93 bits per heavy atom. The SMILES string of the molecule is Cc1cccc(C(=O)NNc2ncnc3c2cnn3-c2ccc(F)cc2)c1. The maximum absolute atomic E-state index is 13.1. The number of carbonyl (C=O) groups excluding carboxylic acids is 1. The third kappa shape index (κ3) is 3.32. The first-order valence-electron chi connectivity index (χ1n) is 8.19. The van der Waals surface area contributed by atoms with Gasteiger partial charge in [-0.1, -0.05) is 17.7 Å². The van der Waals surface area contributed by atoms with E-state index >= 15 is 0 Å². The monoisotopic (exact) mass is 362 g/mol. The summed E-state index contributed by atoms with van der Waals surface area (Å²) in [5.41, 5.74) is 8.17. The van der Waals surface area contributed by atoms with E-state index in [1.165, 1.54) is 18.5 Å². The van der Waals surface area contributed by atoms with E-state index < -0.39 is 0 Å². The zero-order valence-electron chi connectivity index (χ0n) is 14.3. The lowest BCUT2D eigenvalue weighted by molar-refractivity contribution is 0.0962. The maximum atomic E-state index is 13.1. The van der Waals surface area contributed by atoms with Gasteiger partial charge in [0.1, 0.15) is 12.1 Å². The average molecular weight is 362 g/mol. The van der Waals surface area contributed by atoms with Gasteiger partial charge < -0.3 is 0 Å². The van der Waals surface area contributed by atoms with Crippen LogP contribution < -0.4 is 10.9 Å². The van der Waals surface area contributed by atoms with Crippen LogP contribution in [0.2, 0.25) is 0 Å². The second-order valence-electron chi connectivity index (χ2n) is 5.94. The van der Waals surface area contributed by atoms with Crippen molar-refractivity contribution in [2.24, 2.45) is 0 Å².